The van der Waals surface area contributed by atoms with Gasteiger partial charge in [0.1, 0.15) is 6.61 Å². The van der Waals surface area contributed by atoms with Crippen molar-refractivity contribution in [2.75, 3.05) is 25.2 Å². The second-order valence-electron chi connectivity index (χ2n) is 7.17. The number of aliphatic imine (C=N–C) groups is 1. The topological polar surface area (TPSA) is 76.0 Å². The van der Waals surface area contributed by atoms with Gasteiger partial charge in [-0.3, -0.25) is 4.79 Å². The lowest BCUT2D eigenvalue weighted by atomic mass is 9.93. The van der Waals surface area contributed by atoms with E-state index in [4.69, 9.17) is 4.74 Å². The summed E-state index contributed by atoms with van der Waals surface area (Å²) in [6.07, 6.45) is 4.88. The van der Waals surface area contributed by atoms with Crippen LogP contribution in [0.4, 0.5) is 0 Å². The molecular weight excluding hydrogens is 336 g/mol. The molecule has 0 N–H and O–H groups in total. The Kier molecular flexibility index (Phi) is 3.97. The summed E-state index contributed by atoms with van der Waals surface area (Å²) in [4.78, 5) is 18.4. The SMILES string of the molecule is COCC(=O)N=C1S[C@@H]2CS(=O)(=O)C[C@@H]2N1[C@H]1C[C@H]2CC[C@H]1C2. The van der Waals surface area contributed by atoms with E-state index in [1.807, 2.05) is 0 Å². The number of methoxy groups -OCH3 is 1. The van der Waals surface area contributed by atoms with E-state index in [2.05, 4.69) is 9.89 Å². The maximum absolute atomic E-state index is 12.0. The maximum atomic E-state index is 12.0. The van der Waals surface area contributed by atoms with E-state index in [1.165, 1.54) is 38.1 Å². The highest BCUT2D eigenvalue weighted by Gasteiger charge is 2.54. The lowest BCUT2D eigenvalue weighted by molar-refractivity contribution is -0.121. The van der Waals surface area contributed by atoms with Crippen LogP contribution in [-0.4, -0.2) is 66.9 Å². The third-order valence-electron chi connectivity index (χ3n) is 5.65. The molecule has 2 saturated heterocycles. The van der Waals surface area contributed by atoms with Crippen molar-refractivity contribution < 1.29 is 17.9 Å². The zero-order valence-corrected chi connectivity index (χ0v) is 14.8. The standard InChI is InChI=1S/C15H22N2O4S2/c1-21-6-14(18)16-15-17(11-5-9-2-3-10(11)4-9)12-7-23(19,20)8-13(12)22-15/h9-13H,2-8H2,1H3/t9-,10-,11-,12-,13+/m0/s1. The highest BCUT2D eigenvalue weighted by Crippen LogP contribution is 2.51. The molecule has 1 amide bonds. The fourth-order valence-electron chi connectivity index (χ4n) is 4.79. The molecule has 2 heterocycles. The lowest BCUT2D eigenvalue weighted by Crippen LogP contribution is -2.47. The molecule has 0 radical (unpaired) electrons. The molecule has 4 rings (SSSR count). The Bertz CT molecular complexity index is 648. The Morgan fingerprint density at radius 3 is 2.78 bits per heavy atom. The number of carbonyl (C=O) groups is 1. The lowest BCUT2D eigenvalue weighted by Gasteiger charge is -2.36. The second-order valence-corrected chi connectivity index (χ2v) is 10.5. The van der Waals surface area contributed by atoms with Crippen LogP contribution in [0.3, 0.4) is 0 Å². The van der Waals surface area contributed by atoms with E-state index in [9.17, 15) is 13.2 Å². The number of thioether (sulfide) groups is 1. The molecule has 2 saturated carbocycles. The number of amides is 1. The van der Waals surface area contributed by atoms with Gasteiger partial charge in [0.05, 0.1) is 17.5 Å². The Hall–Kier alpha value is -0.600. The molecule has 5 atom stereocenters. The van der Waals surface area contributed by atoms with Crippen LogP contribution in [0.15, 0.2) is 4.99 Å². The molecule has 128 valence electrons. The highest BCUT2D eigenvalue weighted by atomic mass is 32.2. The largest absolute Gasteiger partial charge is 0.375 e. The number of amidine groups is 1. The fraction of sp³-hybridized carbons (Fsp3) is 0.867. The van der Waals surface area contributed by atoms with E-state index >= 15 is 0 Å². The molecule has 4 fully saturated rings. The van der Waals surface area contributed by atoms with Crippen LogP contribution in [0, 0.1) is 11.8 Å². The summed E-state index contributed by atoms with van der Waals surface area (Å²) in [6, 6.07) is 0.349. The van der Waals surface area contributed by atoms with Gasteiger partial charge in [0.2, 0.25) is 0 Å². The zero-order chi connectivity index (χ0) is 16.2. The van der Waals surface area contributed by atoms with E-state index < -0.39 is 9.84 Å². The van der Waals surface area contributed by atoms with Crippen LogP contribution in [-0.2, 0) is 19.4 Å². The van der Waals surface area contributed by atoms with Crippen molar-refractivity contribution in [3.63, 3.8) is 0 Å². The van der Waals surface area contributed by atoms with Gasteiger partial charge in [-0.25, -0.2) is 8.42 Å². The van der Waals surface area contributed by atoms with E-state index in [0.717, 1.165) is 17.5 Å². The normalized spacial score (nSPS) is 42.6. The summed E-state index contributed by atoms with van der Waals surface area (Å²) < 4.78 is 28.9. The third kappa shape index (κ3) is 2.82. The van der Waals surface area contributed by atoms with Crippen molar-refractivity contribution in [2.24, 2.45) is 16.8 Å². The van der Waals surface area contributed by atoms with Gasteiger partial charge in [-0.15, -0.1) is 0 Å². The second kappa shape index (κ2) is 5.74. The molecule has 23 heavy (non-hydrogen) atoms. The summed E-state index contributed by atoms with van der Waals surface area (Å²) in [7, 11) is -1.49. The first-order valence-corrected chi connectivity index (χ1v) is 10.9. The van der Waals surface area contributed by atoms with Crippen molar-refractivity contribution in [2.45, 2.75) is 43.0 Å². The average molecular weight is 358 g/mol. The van der Waals surface area contributed by atoms with Crippen LogP contribution < -0.4 is 0 Å². The van der Waals surface area contributed by atoms with Gasteiger partial charge in [0, 0.05) is 18.4 Å². The summed E-state index contributed by atoms with van der Waals surface area (Å²) >= 11 is 1.48. The fourth-order valence-corrected chi connectivity index (χ4v) is 8.78. The Balaban J connectivity index is 1.63. The Morgan fingerprint density at radius 1 is 1.30 bits per heavy atom. The highest BCUT2D eigenvalue weighted by molar-refractivity contribution is 8.15. The number of hydrogen-bond acceptors (Lipinski definition) is 5. The first kappa shape index (κ1) is 15.9. The smallest absolute Gasteiger partial charge is 0.274 e. The molecule has 8 heteroatoms. The predicted octanol–water partition coefficient (Wildman–Crippen LogP) is 0.918. The molecule has 0 aromatic heterocycles. The van der Waals surface area contributed by atoms with Gasteiger partial charge < -0.3 is 9.64 Å². The Labute approximate surface area is 141 Å². The number of sulfone groups is 1. The van der Waals surface area contributed by atoms with Crippen molar-refractivity contribution in [1.82, 2.24) is 4.90 Å². The molecule has 0 aromatic rings. The first-order chi connectivity index (χ1) is 11.0. The molecule has 2 aliphatic carbocycles. The molecule has 6 nitrogen and oxygen atoms in total. The zero-order valence-electron chi connectivity index (χ0n) is 13.2. The number of fused-ring (bicyclic) bond motifs is 3. The van der Waals surface area contributed by atoms with Crippen molar-refractivity contribution >= 4 is 32.7 Å². The van der Waals surface area contributed by atoms with Gasteiger partial charge in [-0.2, -0.15) is 4.99 Å². The quantitative estimate of drug-likeness (QED) is 0.747. The maximum Gasteiger partial charge on any atom is 0.274 e. The minimum Gasteiger partial charge on any atom is -0.375 e. The predicted molar refractivity (Wildman–Crippen MR) is 89.2 cm³/mol. The summed E-state index contributed by atoms with van der Waals surface area (Å²) in [5.41, 5.74) is 0. The van der Waals surface area contributed by atoms with Gasteiger partial charge in [-0.05, 0) is 31.1 Å². The molecule has 2 aliphatic heterocycles. The average Bonchev–Trinajstić information content (AvgIpc) is 3.18. The Morgan fingerprint density at radius 2 is 2.13 bits per heavy atom. The number of ether oxygens (including phenoxy) is 1. The molecule has 0 unspecified atom stereocenters. The summed E-state index contributed by atoms with van der Waals surface area (Å²) in [5.74, 6) is 1.52. The van der Waals surface area contributed by atoms with Crippen LogP contribution in [0.5, 0.6) is 0 Å². The van der Waals surface area contributed by atoms with Crippen molar-refractivity contribution in [3.05, 3.63) is 0 Å². The molecule has 0 spiro atoms. The molecule has 0 aromatic carbocycles. The minimum atomic E-state index is -2.97. The van der Waals surface area contributed by atoms with Crippen molar-refractivity contribution in [3.8, 4) is 0 Å². The summed E-state index contributed by atoms with van der Waals surface area (Å²) in [5, 5.41) is 0.753. The number of carbonyl (C=O) groups excluding carboxylic acids is 1. The number of nitrogens with zero attached hydrogens (tertiary/aromatic N) is 2. The van der Waals surface area contributed by atoms with Gasteiger partial charge >= 0.3 is 0 Å². The van der Waals surface area contributed by atoms with E-state index in [1.54, 1.807) is 0 Å². The minimum absolute atomic E-state index is 0.0107. The molecular formula is C15H22N2O4S2. The van der Waals surface area contributed by atoms with Crippen LogP contribution >= 0.6 is 11.8 Å². The molecule has 2 bridgehead atoms. The monoisotopic (exact) mass is 358 g/mol. The number of rotatable bonds is 3. The molecule has 4 aliphatic rings. The summed E-state index contributed by atoms with van der Waals surface area (Å²) in [6.45, 7) is -0.0255. The van der Waals surface area contributed by atoms with E-state index in [-0.39, 0.29) is 35.3 Å². The van der Waals surface area contributed by atoms with Crippen LogP contribution in [0.25, 0.3) is 0 Å². The van der Waals surface area contributed by atoms with Crippen LogP contribution in [0.1, 0.15) is 25.7 Å². The number of hydrogen-bond donors (Lipinski definition) is 0. The van der Waals surface area contributed by atoms with Gasteiger partial charge in [0.15, 0.2) is 15.0 Å². The van der Waals surface area contributed by atoms with Crippen molar-refractivity contribution in [1.29, 1.82) is 0 Å². The van der Waals surface area contributed by atoms with Crippen LogP contribution in [0.2, 0.25) is 0 Å². The van der Waals surface area contributed by atoms with Gasteiger partial charge in [-0.1, -0.05) is 18.2 Å². The third-order valence-corrected chi connectivity index (χ3v) is 8.88. The first-order valence-electron chi connectivity index (χ1n) is 8.22. The van der Waals surface area contributed by atoms with E-state index in [0.29, 0.717) is 12.0 Å². The van der Waals surface area contributed by atoms with Gasteiger partial charge in [0.25, 0.3) is 5.91 Å².